The number of carbonyl (C=O) groups is 2. The molecule has 2 aromatic rings. The minimum absolute atomic E-state index is 0.0303. The number of amides is 1. The van der Waals surface area contributed by atoms with Crippen molar-refractivity contribution in [3.05, 3.63) is 69.2 Å². The zero-order valence-electron chi connectivity index (χ0n) is 15.8. The summed E-state index contributed by atoms with van der Waals surface area (Å²) in [5.41, 5.74) is 7.62. The molecule has 0 bridgehead atoms. The maximum Gasteiger partial charge on any atom is 0.305 e. The SMILES string of the molecule is N=C(N)c1ccc(CCCCC(=O)NC(CC(=O)O)c2c(Cl)cccc2Cl)cc1. The van der Waals surface area contributed by atoms with Gasteiger partial charge in [-0.15, -0.1) is 0 Å². The number of halogens is 2. The molecule has 0 aliphatic carbocycles. The summed E-state index contributed by atoms with van der Waals surface area (Å²) >= 11 is 12.3. The van der Waals surface area contributed by atoms with E-state index in [0.717, 1.165) is 18.4 Å². The van der Waals surface area contributed by atoms with Crippen LogP contribution in [0.5, 0.6) is 0 Å². The third kappa shape index (κ3) is 7.07. The number of carboxylic acid groups (broad SMARTS) is 1. The fourth-order valence-electron chi connectivity index (χ4n) is 2.98. The number of nitrogens with two attached hydrogens (primary N) is 1. The number of carboxylic acids is 1. The van der Waals surface area contributed by atoms with E-state index in [2.05, 4.69) is 5.32 Å². The zero-order chi connectivity index (χ0) is 21.4. The number of hydrogen-bond acceptors (Lipinski definition) is 3. The lowest BCUT2D eigenvalue weighted by Crippen LogP contribution is -2.30. The number of rotatable bonds is 10. The first-order valence-corrected chi connectivity index (χ1v) is 9.92. The largest absolute Gasteiger partial charge is 0.481 e. The summed E-state index contributed by atoms with van der Waals surface area (Å²) < 4.78 is 0. The third-order valence-corrected chi connectivity index (χ3v) is 5.11. The van der Waals surface area contributed by atoms with E-state index in [4.69, 9.17) is 34.3 Å². The third-order valence-electron chi connectivity index (χ3n) is 4.45. The minimum atomic E-state index is -1.06. The number of amidine groups is 1. The highest BCUT2D eigenvalue weighted by molar-refractivity contribution is 6.36. The van der Waals surface area contributed by atoms with Crippen molar-refractivity contribution >= 4 is 40.9 Å². The maximum absolute atomic E-state index is 12.3. The van der Waals surface area contributed by atoms with E-state index in [1.165, 1.54) is 0 Å². The number of carbonyl (C=O) groups excluding carboxylic acids is 1. The van der Waals surface area contributed by atoms with Crippen molar-refractivity contribution in [3.8, 4) is 0 Å². The van der Waals surface area contributed by atoms with Crippen LogP contribution in [0.15, 0.2) is 42.5 Å². The van der Waals surface area contributed by atoms with Gasteiger partial charge in [0.1, 0.15) is 5.84 Å². The molecule has 0 saturated carbocycles. The molecule has 1 unspecified atom stereocenters. The quantitative estimate of drug-likeness (QED) is 0.252. The first kappa shape index (κ1) is 22.7. The highest BCUT2D eigenvalue weighted by Crippen LogP contribution is 2.32. The van der Waals surface area contributed by atoms with Crippen LogP contribution < -0.4 is 11.1 Å². The van der Waals surface area contributed by atoms with Gasteiger partial charge in [0.25, 0.3) is 0 Å². The summed E-state index contributed by atoms with van der Waals surface area (Å²) in [5, 5.41) is 19.9. The van der Waals surface area contributed by atoms with Crippen molar-refractivity contribution < 1.29 is 14.7 Å². The fourth-order valence-corrected chi connectivity index (χ4v) is 3.64. The summed E-state index contributed by atoms with van der Waals surface area (Å²) in [6.45, 7) is 0. The molecule has 0 spiro atoms. The molecule has 6 nitrogen and oxygen atoms in total. The van der Waals surface area contributed by atoms with Gasteiger partial charge in [0, 0.05) is 27.6 Å². The van der Waals surface area contributed by atoms with Crippen LogP contribution in [0.1, 0.15) is 48.4 Å². The van der Waals surface area contributed by atoms with Crippen molar-refractivity contribution in [1.29, 1.82) is 5.41 Å². The Morgan fingerprint density at radius 1 is 1.07 bits per heavy atom. The second-order valence-electron chi connectivity index (χ2n) is 6.67. The Labute approximate surface area is 179 Å². The summed E-state index contributed by atoms with van der Waals surface area (Å²) in [5.74, 6) is -1.28. The van der Waals surface area contributed by atoms with Crippen LogP contribution in [0.4, 0.5) is 0 Å². The van der Waals surface area contributed by atoms with E-state index in [9.17, 15) is 14.7 Å². The number of nitrogens with one attached hydrogen (secondary N) is 2. The molecular weight excluding hydrogens is 413 g/mol. The zero-order valence-corrected chi connectivity index (χ0v) is 17.3. The van der Waals surface area contributed by atoms with Gasteiger partial charge in [-0.1, -0.05) is 53.5 Å². The van der Waals surface area contributed by atoms with Crippen molar-refractivity contribution in [2.24, 2.45) is 5.73 Å². The topological polar surface area (TPSA) is 116 Å². The Kier molecular flexibility index (Phi) is 8.49. The maximum atomic E-state index is 12.3. The number of hydrogen-bond donors (Lipinski definition) is 4. The second-order valence-corrected chi connectivity index (χ2v) is 7.49. The van der Waals surface area contributed by atoms with Crippen LogP contribution in [0.25, 0.3) is 0 Å². The number of aliphatic carboxylic acids is 1. The standard InChI is InChI=1S/C21H23Cl2N3O3/c22-15-5-3-6-16(23)20(15)17(12-19(28)29)26-18(27)7-2-1-4-13-8-10-14(11-9-13)21(24)25/h3,5-6,8-11,17H,1-2,4,7,12H2,(H3,24,25)(H,26,27)(H,28,29). The predicted molar refractivity (Wildman–Crippen MR) is 115 cm³/mol. The Morgan fingerprint density at radius 3 is 2.24 bits per heavy atom. The van der Waals surface area contributed by atoms with E-state index >= 15 is 0 Å². The van der Waals surface area contributed by atoms with Crippen molar-refractivity contribution in [1.82, 2.24) is 5.32 Å². The number of benzene rings is 2. The first-order chi connectivity index (χ1) is 13.8. The molecule has 0 aromatic heterocycles. The minimum Gasteiger partial charge on any atom is -0.481 e. The molecule has 0 fully saturated rings. The van der Waals surface area contributed by atoms with Gasteiger partial charge >= 0.3 is 5.97 Å². The van der Waals surface area contributed by atoms with E-state index in [-0.39, 0.29) is 24.6 Å². The molecule has 8 heteroatoms. The monoisotopic (exact) mass is 435 g/mol. The molecule has 0 heterocycles. The van der Waals surface area contributed by atoms with Crippen molar-refractivity contribution in [2.75, 3.05) is 0 Å². The molecule has 1 amide bonds. The molecule has 0 radical (unpaired) electrons. The van der Waals surface area contributed by atoms with Crippen LogP contribution in [-0.4, -0.2) is 22.8 Å². The molecule has 1 atom stereocenters. The smallest absolute Gasteiger partial charge is 0.305 e. The molecule has 0 aliphatic rings. The molecule has 154 valence electrons. The van der Waals surface area contributed by atoms with Gasteiger partial charge < -0.3 is 16.2 Å². The first-order valence-electron chi connectivity index (χ1n) is 9.16. The lowest BCUT2D eigenvalue weighted by molar-refractivity contribution is -0.137. The molecule has 29 heavy (non-hydrogen) atoms. The second kappa shape index (κ2) is 10.8. The van der Waals surface area contributed by atoms with Crippen LogP contribution in [-0.2, 0) is 16.0 Å². The number of aryl methyl sites for hydroxylation is 1. The highest BCUT2D eigenvalue weighted by atomic mass is 35.5. The van der Waals surface area contributed by atoms with E-state index in [1.54, 1.807) is 30.3 Å². The average Bonchev–Trinajstić information content (AvgIpc) is 2.65. The van der Waals surface area contributed by atoms with E-state index in [0.29, 0.717) is 27.6 Å². The van der Waals surface area contributed by atoms with Gasteiger partial charge in [0.05, 0.1) is 12.5 Å². The van der Waals surface area contributed by atoms with Gasteiger partial charge in [0.15, 0.2) is 0 Å². The Bertz CT molecular complexity index is 865. The number of unbranched alkanes of at least 4 members (excludes halogenated alkanes) is 1. The summed E-state index contributed by atoms with van der Waals surface area (Å²) in [6.07, 6.45) is 2.20. The molecule has 2 aromatic carbocycles. The summed E-state index contributed by atoms with van der Waals surface area (Å²) in [4.78, 5) is 23.5. The average molecular weight is 436 g/mol. The Morgan fingerprint density at radius 2 is 1.69 bits per heavy atom. The molecule has 5 N–H and O–H groups in total. The lowest BCUT2D eigenvalue weighted by Gasteiger charge is -2.20. The van der Waals surface area contributed by atoms with Gasteiger partial charge in [-0.2, -0.15) is 0 Å². The van der Waals surface area contributed by atoms with Crippen LogP contribution in [0.2, 0.25) is 10.0 Å². The van der Waals surface area contributed by atoms with Gasteiger partial charge in [-0.3, -0.25) is 15.0 Å². The van der Waals surface area contributed by atoms with E-state index in [1.807, 2.05) is 12.1 Å². The lowest BCUT2D eigenvalue weighted by atomic mass is 10.0. The normalized spacial score (nSPS) is 11.7. The van der Waals surface area contributed by atoms with Gasteiger partial charge in [-0.25, -0.2) is 0 Å². The molecular formula is C21H23Cl2N3O3. The predicted octanol–water partition coefficient (Wildman–Crippen LogP) is 4.32. The number of nitrogen functional groups attached to an aromatic ring is 1. The van der Waals surface area contributed by atoms with Gasteiger partial charge in [0.2, 0.25) is 5.91 Å². The Hall–Kier alpha value is -2.57. The summed E-state index contributed by atoms with van der Waals surface area (Å²) in [6, 6.07) is 11.5. The fraction of sp³-hybridized carbons (Fsp3) is 0.286. The van der Waals surface area contributed by atoms with Gasteiger partial charge in [-0.05, 0) is 37.0 Å². The molecule has 0 aliphatic heterocycles. The van der Waals surface area contributed by atoms with Crippen LogP contribution in [0, 0.1) is 5.41 Å². The Balaban J connectivity index is 1.88. The molecule has 0 saturated heterocycles. The van der Waals surface area contributed by atoms with Crippen LogP contribution >= 0.6 is 23.2 Å². The summed E-state index contributed by atoms with van der Waals surface area (Å²) in [7, 11) is 0. The highest BCUT2D eigenvalue weighted by Gasteiger charge is 2.22. The van der Waals surface area contributed by atoms with Crippen molar-refractivity contribution in [3.63, 3.8) is 0 Å². The molecule has 2 rings (SSSR count). The van der Waals surface area contributed by atoms with E-state index < -0.39 is 12.0 Å². The van der Waals surface area contributed by atoms with Crippen molar-refractivity contribution in [2.45, 2.75) is 38.1 Å². The van der Waals surface area contributed by atoms with Crippen LogP contribution in [0.3, 0.4) is 0 Å².